The Hall–Kier alpha value is -4.30. The molecule has 0 atom stereocenters. The van der Waals surface area contributed by atoms with E-state index in [2.05, 4.69) is 70.0 Å². The highest BCUT2D eigenvalue weighted by Crippen LogP contribution is 2.46. The maximum absolute atomic E-state index is 11.4. The molecule has 0 saturated carbocycles. The number of non-ortho nitro benzene ring substituents is 1. The number of para-hydroxylation sites is 1. The SMILES string of the molecule is Cc1ccc(N=c2scc(-c3cccc([N+](=O)[O-])c3)n2N=CC=C2N(C)c3ccccc3C2(C)C)cc1C. The van der Waals surface area contributed by atoms with Gasteiger partial charge in [-0.15, -0.1) is 11.3 Å². The van der Waals surface area contributed by atoms with Crippen molar-refractivity contribution in [2.24, 2.45) is 10.1 Å². The molecule has 0 amide bonds. The lowest BCUT2D eigenvalue weighted by molar-refractivity contribution is -0.384. The Bertz CT molecular complexity index is 1680. The third kappa shape index (κ3) is 4.59. The summed E-state index contributed by atoms with van der Waals surface area (Å²) in [5.41, 5.74) is 8.07. The van der Waals surface area contributed by atoms with E-state index in [1.807, 2.05) is 29.7 Å². The van der Waals surface area contributed by atoms with Gasteiger partial charge in [-0.25, -0.2) is 9.67 Å². The first-order chi connectivity index (χ1) is 18.2. The summed E-state index contributed by atoms with van der Waals surface area (Å²) in [5.74, 6) is 0. The number of thiazole rings is 1. The van der Waals surface area contributed by atoms with Gasteiger partial charge < -0.3 is 4.90 Å². The summed E-state index contributed by atoms with van der Waals surface area (Å²) in [5, 5.41) is 18.2. The number of hydrogen-bond acceptors (Lipinski definition) is 6. The van der Waals surface area contributed by atoms with Crippen molar-refractivity contribution >= 4 is 34.6 Å². The van der Waals surface area contributed by atoms with Crippen LogP contribution in [0.2, 0.25) is 0 Å². The Morgan fingerprint density at radius 3 is 2.53 bits per heavy atom. The Kier molecular flexibility index (Phi) is 6.59. The largest absolute Gasteiger partial charge is 0.347 e. The normalized spacial score (nSPS) is 16.0. The molecule has 192 valence electrons. The summed E-state index contributed by atoms with van der Waals surface area (Å²) in [4.78, 5) is 18.8. The molecule has 8 heteroatoms. The lowest BCUT2D eigenvalue weighted by atomic mass is 9.84. The predicted octanol–water partition coefficient (Wildman–Crippen LogP) is 7.12. The number of rotatable bonds is 5. The number of nitro groups is 1. The Labute approximate surface area is 225 Å². The van der Waals surface area contributed by atoms with Crippen LogP contribution in [0.4, 0.5) is 17.1 Å². The monoisotopic (exact) mass is 523 g/mol. The quantitative estimate of drug-likeness (QED) is 0.159. The molecule has 0 N–H and O–H groups in total. The zero-order valence-electron chi connectivity index (χ0n) is 22.0. The van der Waals surface area contributed by atoms with Crippen LogP contribution in [0.3, 0.4) is 0 Å². The molecule has 7 nitrogen and oxygen atoms in total. The number of benzene rings is 3. The standard InChI is InChI=1S/C30H29N5O2S/c1-20-13-14-23(17-21(20)2)32-29-34(27(19-38-29)22-9-8-10-24(18-22)35(36)37)31-16-15-28-30(3,4)25-11-6-7-12-26(25)33(28)5/h6-19H,1-5H3. The van der Waals surface area contributed by atoms with E-state index in [4.69, 9.17) is 10.1 Å². The summed E-state index contributed by atoms with van der Waals surface area (Å²) in [6.45, 7) is 8.56. The minimum absolute atomic E-state index is 0.0334. The van der Waals surface area contributed by atoms with E-state index in [0.717, 1.165) is 22.6 Å². The van der Waals surface area contributed by atoms with Crippen LogP contribution in [0.1, 0.15) is 30.5 Å². The van der Waals surface area contributed by atoms with Crippen LogP contribution in [0.25, 0.3) is 11.3 Å². The number of anilines is 1. The topological polar surface area (TPSA) is 76.0 Å². The van der Waals surface area contributed by atoms with Crippen molar-refractivity contribution in [3.05, 3.63) is 115 Å². The Balaban J connectivity index is 1.62. The highest BCUT2D eigenvalue weighted by atomic mass is 32.1. The fourth-order valence-corrected chi connectivity index (χ4v) is 5.70. The molecule has 0 bridgehead atoms. The Morgan fingerprint density at radius 2 is 1.79 bits per heavy atom. The van der Waals surface area contributed by atoms with Crippen molar-refractivity contribution in [3.8, 4) is 11.3 Å². The van der Waals surface area contributed by atoms with Gasteiger partial charge in [-0.05, 0) is 54.8 Å². The third-order valence-corrected chi connectivity index (χ3v) is 7.92. The minimum Gasteiger partial charge on any atom is -0.347 e. The summed E-state index contributed by atoms with van der Waals surface area (Å²) < 4.78 is 1.76. The van der Waals surface area contributed by atoms with Crippen LogP contribution < -0.4 is 9.70 Å². The second kappa shape index (κ2) is 9.87. The average molecular weight is 524 g/mol. The fourth-order valence-electron chi connectivity index (χ4n) is 4.84. The molecule has 1 aliphatic rings. The number of likely N-dealkylation sites (N-methyl/N-ethyl adjacent to an activating group) is 1. The molecule has 0 unspecified atom stereocenters. The predicted molar refractivity (Wildman–Crippen MR) is 155 cm³/mol. The van der Waals surface area contributed by atoms with E-state index in [1.54, 1.807) is 23.0 Å². The van der Waals surface area contributed by atoms with Gasteiger partial charge in [0.05, 0.1) is 16.3 Å². The van der Waals surface area contributed by atoms with Gasteiger partial charge >= 0.3 is 0 Å². The summed E-state index contributed by atoms with van der Waals surface area (Å²) in [6.07, 6.45) is 3.81. The van der Waals surface area contributed by atoms with Crippen LogP contribution in [0.5, 0.6) is 0 Å². The summed E-state index contributed by atoms with van der Waals surface area (Å²) in [7, 11) is 2.07. The maximum Gasteiger partial charge on any atom is 0.270 e. The van der Waals surface area contributed by atoms with Crippen molar-refractivity contribution in [2.45, 2.75) is 33.1 Å². The minimum atomic E-state index is -0.385. The molecule has 0 saturated heterocycles. The van der Waals surface area contributed by atoms with Gasteiger partial charge in [0.15, 0.2) is 0 Å². The smallest absolute Gasteiger partial charge is 0.270 e. The van der Waals surface area contributed by atoms with Crippen molar-refractivity contribution in [1.29, 1.82) is 0 Å². The van der Waals surface area contributed by atoms with Crippen molar-refractivity contribution in [3.63, 3.8) is 0 Å². The molecule has 1 aliphatic heterocycles. The molecular formula is C30H29N5O2S. The zero-order valence-corrected chi connectivity index (χ0v) is 22.9. The number of aromatic nitrogens is 1. The molecule has 0 radical (unpaired) electrons. The first kappa shape index (κ1) is 25.4. The zero-order chi connectivity index (χ0) is 27.0. The number of nitrogens with zero attached hydrogens (tertiary/aromatic N) is 5. The second-order valence-electron chi connectivity index (χ2n) is 9.92. The highest BCUT2D eigenvalue weighted by molar-refractivity contribution is 7.07. The van der Waals surface area contributed by atoms with E-state index < -0.39 is 0 Å². The van der Waals surface area contributed by atoms with Gasteiger partial charge in [0.25, 0.3) is 5.69 Å². The fraction of sp³-hybridized carbons (Fsp3) is 0.200. The first-order valence-corrected chi connectivity index (χ1v) is 13.2. The van der Waals surface area contributed by atoms with Crippen LogP contribution in [-0.2, 0) is 5.41 Å². The molecule has 38 heavy (non-hydrogen) atoms. The molecule has 1 aromatic heterocycles. The van der Waals surface area contributed by atoms with Crippen LogP contribution in [-0.4, -0.2) is 22.9 Å². The van der Waals surface area contributed by atoms with Gasteiger partial charge in [0, 0.05) is 53.1 Å². The second-order valence-corrected chi connectivity index (χ2v) is 10.8. The molecule has 4 aromatic rings. The van der Waals surface area contributed by atoms with E-state index in [1.165, 1.54) is 34.2 Å². The lowest BCUT2D eigenvalue weighted by Gasteiger charge is -2.23. The Morgan fingerprint density at radius 1 is 1.00 bits per heavy atom. The van der Waals surface area contributed by atoms with Gasteiger partial charge in [0.2, 0.25) is 4.80 Å². The average Bonchev–Trinajstić information content (AvgIpc) is 3.38. The number of allylic oxidation sites excluding steroid dienone is 2. The molecule has 5 rings (SSSR count). The highest BCUT2D eigenvalue weighted by Gasteiger charge is 2.37. The number of fused-ring (bicyclic) bond motifs is 1. The van der Waals surface area contributed by atoms with Crippen LogP contribution >= 0.6 is 11.3 Å². The number of hydrogen-bond donors (Lipinski definition) is 0. The summed E-state index contributed by atoms with van der Waals surface area (Å²) >= 11 is 1.44. The van der Waals surface area contributed by atoms with Gasteiger partial charge in [-0.1, -0.05) is 50.2 Å². The van der Waals surface area contributed by atoms with E-state index in [0.29, 0.717) is 10.4 Å². The molecule has 2 heterocycles. The lowest BCUT2D eigenvalue weighted by Crippen LogP contribution is -2.23. The molecule has 0 aliphatic carbocycles. The van der Waals surface area contributed by atoms with Crippen molar-refractivity contribution < 1.29 is 4.92 Å². The molecular weight excluding hydrogens is 494 g/mol. The summed E-state index contributed by atoms with van der Waals surface area (Å²) in [6, 6.07) is 21.1. The molecule has 0 fully saturated rings. The van der Waals surface area contributed by atoms with Crippen LogP contribution in [0.15, 0.2) is 94.0 Å². The van der Waals surface area contributed by atoms with Crippen molar-refractivity contribution in [2.75, 3.05) is 11.9 Å². The van der Waals surface area contributed by atoms with Gasteiger partial charge in [-0.2, -0.15) is 5.10 Å². The molecule has 0 spiro atoms. The third-order valence-electron chi connectivity index (χ3n) is 7.11. The molecule has 3 aromatic carbocycles. The van der Waals surface area contributed by atoms with E-state index in [-0.39, 0.29) is 16.0 Å². The maximum atomic E-state index is 11.4. The number of nitro benzene ring substituents is 1. The first-order valence-electron chi connectivity index (χ1n) is 12.3. The number of aryl methyl sites for hydroxylation is 2. The van der Waals surface area contributed by atoms with E-state index in [9.17, 15) is 10.1 Å². The van der Waals surface area contributed by atoms with Crippen molar-refractivity contribution in [1.82, 2.24) is 4.68 Å². The van der Waals surface area contributed by atoms with Gasteiger partial charge in [-0.3, -0.25) is 10.1 Å². The van der Waals surface area contributed by atoms with Crippen LogP contribution in [0, 0.1) is 24.0 Å². The van der Waals surface area contributed by atoms with E-state index >= 15 is 0 Å². The van der Waals surface area contributed by atoms with Gasteiger partial charge in [0.1, 0.15) is 0 Å².